The zero-order valence-electron chi connectivity index (χ0n) is 15.1. The fraction of sp³-hybridized carbons (Fsp3) is 0.588. The molecule has 1 N–H and O–H groups in total. The molecule has 0 saturated heterocycles. The third-order valence-corrected chi connectivity index (χ3v) is 3.27. The maximum absolute atomic E-state index is 11.8. The minimum atomic E-state index is -0.576. The summed E-state index contributed by atoms with van der Waals surface area (Å²) in [5.74, 6) is -0.466. The Hall–Kier alpha value is -1.82. The molecule has 134 valence electrons. The van der Waals surface area contributed by atoms with Gasteiger partial charge in [-0.15, -0.1) is 0 Å². The molecule has 0 aliphatic heterocycles. The second kappa shape index (κ2) is 8.33. The van der Waals surface area contributed by atoms with Gasteiger partial charge in [-0.3, -0.25) is 14.3 Å². The van der Waals surface area contributed by atoms with Crippen molar-refractivity contribution in [2.45, 2.75) is 53.7 Å². The van der Waals surface area contributed by atoms with Crippen molar-refractivity contribution in [2.24, 2.45) is 5.92 Å². The van der Waals surface area contributed by atoms with E-state index in [0.717, 1.165) is 5.69 Å². The smallest absolute Gasteiger partial charge is 0.325 e. The molecule has 0 fully saturated rings. The first-order valence-corrected chi connectivity index (χ1v) is 8.28. The summed E-state index contributed by atoms with van der Waals surface area (Å²) in [6.45, 7) is 11.8. The molecule has 0 aliphatic carbocycles. The first kappa shape index (κ1) is 20.2. The fourth-order valence-corrected chi connectivity index (χ4v) is 2.28. The molecule has 1 aromatic heterocycles. The van der Waals surface area contributed by atoms with E-state index < -0.39 is 17.5 Å². The minimum Gasteiger partial charge on any atom is -0.459 e. The van der Waals surface area contributed by atoms with Crippen LogP contribution in [-0.2, 0) is 20.9 Å². The Labute approximate surface area is 148 Å². The van der Waals surface area contributed by atoms with Crippen LogP contribution in [0.2, 0.25) is 5.15 Å². The predicted molar refractivity (Wildman–Crippen MR) is 94.7 cm³/mol. The number of nitrogens with one attached hydrogen (secondary N) is 1. The van der Waals surface area contributed by atoms with E-state index in [1.54, 1.807) is 31.5 Å². The van der Waals surface area contributed by atoms with Crippen molar-refractivity contribution in [1.29, 1.82) is 0 Å². The van der Waals surface area contributed by atoms with Crippen molar-refractivity contribution in [3.63, 3.8) is 0 Å². The number of hydrogen-bond donors (Lipinski definition) is 1. The van der Waals surface area contributed by atoms with E-state index >= 15 is 0 Å². The average Bonchev–Trinajstić information content (AvgIpc) is 2.66. The first-order valence-electron chi connectivity index (χ1n) is 7.90. The van der Waals surface area contributed by atoms with Crippen LogP contribution in [0.15, 0.2) is 6.08 Å². The number of halogens is 1. The van der Waals surface area contributed by atoms with E-state index in [-0.39, 0.29) is 6.54 Å². The van der Waals surface area contributed by atoms with E-state index in [9.17, 15) is 9.59 Å². The predicted octanol–water partition coefficient (Wildman–Crippen LogP) is 2.97. The molecule has 1 heterocycles. The van der Waals surface area contributed by atoms with Gasteiger partial charge in [-0.1, -0.05) is 25.4 Å². The lowest BCUT2D eigenvalue weighted by Crippen LogP contribution is -2.33. The van der Waals surface area contributed by atoms with Gasteiger partial charge in [0, 0.05) is 18.2 Å². The van der Waals surface area contributed by atoms with Crippen LogP contribution in [0, 0.1) is 12.8 Å². The van der Waals surface area contributed by atoms with Crippen molar-refractivity contribution < 1.29 is 14.3 Å². The molecule has 0 saturated carbocycles. The van der Waals surface area contributed by atoms with Gasteiger partial charge in [-0.2, -0.15) is 5.10 Å². The minimum absolute atomic E-state index is 0.181. The molecule has 1 aromatic rings. The number of carbonyl (C=O) groups is 2. The molecular weight excluding hydrogens is 330 g/mol. The fourth-order valence-electron chi connectivity index (χ4n) is 1.98. The lowest BCUT2D eigenvalue weighted by atomic mass is 10.2. The summed E-state index contributed by atoms with van der Waals surface area (Å²) in [4.78, 5) is 23.4. The molecule has 24 heavy (non-hydrogen) atoms. The summed E-state index contributed by atoms with van der Waals surface area (Å²) >= 11 is 6.30. The van der Waals surface area contributed by atoms with Crippen molar-refractivity contribution in [1.82, 2.24) is 15.1 Å². The molecule has 0 spiro atoms. The number of ether oxygens (including phenoxy) is 1. The highest BCUT2D eigenvalue weighted by molar-refractivity contribution is 6.31. The Morgan fingerprint density at radius 1 is 1.38 bits per heavy atom. The van der Waals surface area contributed by atoms with Crippen molar-refractivity contribution >= 4 is 29.6 Å². The van der Waals surface area contributed by atoms with Gasteiger partial charge in [0.05, 0.1) is 5.69 Å². The molecule has 6 nitrogen and oxygen atoms in total. The Morgan fingerprint density at radius 2 is 2.00 bits per heavy atom. The molecule has 0 radical (unpaired) electrons. The van der Waals surface area contributed by atoms with Crippen LogP contribution in [0.25, 0.3) is 6.08 Å². The van der Waals surface area contributed by atoms with Crippen LogP contribution in [-0.4, -0.2) is 33.8 Å². The summed E-state index contributed by atoms with van der Waals surface area (Å²) in [6.07, 6.45) is 2.94. The average molecular weight is 356 g/mol. The summed E-state index contributed by atoms with van der Waals surface area (Å²) < 4.78 is 6.84. The largest absolute Gasteiger partial charge is 0.459 e. The zero-order chi connectivity index (χ0) is 18.5. The van der Waals surface area contributed by atoms with Gasteiger partial charge < -0.3 is 10.1 Å². The Kier molecular flexibility index (Phi) is 7.02. The Morgan fingerprint density at radius 3 is 2.54 bits per heavy atom. The molecular formula is C17H26ClN3O3. The van der Waals surface area contributed by atoms with E-state index in [4.69, 9.17) is 16.3 Å². The van der Waals surface area contributed by atoms with E-state index in [1.807, 2.05) is 6.92 Å². The lowest BCUT2D eigenvalue weighted by Gasteiger charge is -2.19. The SMILES string of the molecule is Cc1nn(CC(C)C)c(Cl)c1C=CC(=O)NCC(=O)OC(C)(C)C. The monoisotopic (exact) mass is 355 g/mol. The van der Waals surface area contributed by atoms with Crippen molar-refractivity contribution in [3.05, 3.63) is 22.5 Å². The van der Waals surface area contributed by atoms with Gasteiger partial charge in [0.1, 0.15) is 17.3 Å². The lowest BCUT2D eigenvalue weighted by molar-refractivity contribution is -0.154. The van der Waals surface area contributed by atoms with E-state index in [2.05, 4.69) is 24.3 Å². The van der Waals surface area contributed by atoms with Crippen LogP contribution in [0.3, 0.4) is 0 Å². The third kappa shape index (κ3) is 6.74. The highest BCUT2D eigenvalue weighted by Gasteiger charge is 2.16. The van der Waals surface area contributed by atoms with Gasteiger partial charge in [-0.05, 0) is 39.7 Å². The number of nitrogens with zero attached hydrogens (tertiary/aromatic N) is 2. The number of rotatable bonds is 6. The van der Waals surface area contributed by atoms with Gasteiger partial charge in [0.2, 0.25) is 5.91 Å². The van der Waals surface area contributed by atoms with Crippen LogP contribution >= 0.6 is 11.6 Å². The number of esters is 1. The molecule has 7 heteroatoms. The highest BCUT2D eigenvalue weighted by Crippen LogP contribution is 2.22. The van der Waals surface area contributed by atoms with E-state index in [0.29, 0.717) is 23.2 Å². The van der Waals surface area contributed by atoms with Crippen LogP contribution < -0.4 is 5.32 Å². The Bertz CT molecular complexity index is 628. The summed E-state index contributed by atoms with van der Waals surface area (Å²) in [6, 6.07) is 0. The normalized spacial score (nSPS) is 12.0. The van der Waals surface area contributed by atoms with Crippen LogP contribution in [0.1, 0.15) is 45.9 Å². The molecule has 0 bridgehead atoms. The maximum Gasteiger partial charge on any atom is 0.325 e. The summed E-state index contributed by atoms with van der Waals surface area (Å²) in [7, 11) is 0. The summed E-state index contributed by atoms with van der Waals surface area (Å²) in [5.41, 5.74) is 0.870. The third-order valence-electron chi connectivity index (χ3n) is 2.88. The van der Waals surface area contributed by atoms with Crippen LogP contribution in [0.5, 0.6) is 0 Å². The maximum atomic E-state index is 11.8. The molecule has 0 aliphatic rings. The zero-order valence-corrected chi connectivity index (χ0v) is 15.9. The molecule has 1 rings (SSSR count). The second-order valence-corrected chi connectivity index (χ2v) is 7.36. The number of aryl methyl sites for hydroxylation is 1. The molecule has 0 aromatic carbocycles. The number of hydrogen-bond acceptors (Lipinski definition) is 4. The van der Waals surface area contributed by atoms with Gasteiger partial charge in [-0.25, -0.2) is 0 Å². The van der Waals surface area contributed by atoms with Gasteiger partial charge in [0.25, 0.3) is 0 Å². The quantitative estimate of drug-likeness (QED) is 0.629. The number of amides is 1. The highest BCUT2D eigenvalue weighted by atomic mass is 35.5. The topological polar surface area (TPSA) is 73.2 Å². The molecule has 0 atom stereocenters. The standard InChI is InChI=1S/C17H26ClN3O3/c1-11(2)10-21-16(18)13(12(3)20-21)7-8-14(22)19-9-15(23)24-17(4,5)6/h7-8,11H,9-10H2,1-6H3,(H,19,22). The van der Waals surface area contributed by atoms with Crippen LogP contribution in [0.4, 0.5) is 0 Å². The van der Waals surface area contributed by atoms with E-state index in [1.165, 1.54) is 6.08 Å². The molecule has 0 unspecified atom stereocenters. The first-order chi connectivity index (χ1) is 11.0. The summed E-state index contributed by atoms with van der Waals surface area (Å²) in [5, 5.41) is 7.35. The van der Waals surface area contributed by atoms with Gasteiger partial charge in [0.15, 0.2) is 0 Å². The van der Waals surface area contributed by atoms with Crippen molar-refractivity contribution in [3.8, 4) is 0 Å². The number of carbonyl (C=O) groups excluding carboxylic acids is 2. The van der Waals surface area contributed by atoms with Gasteiger partial charge >= 0.3 is 5.97 Å². The molecule has 1 amide bonds. The van der Waals surface area contributed by atoms with Crippen molar-refractivity contribution in [2.75, 3.05) is 6.54 Å². The number of aromatic nitrogens is 2. The Balaban J connectivity index is 2.64. The second-order valence-electron chi connectivity index (χ2n) is 7.00.